The molecule has 0 saturated carbocycles. The van der Waals surface area contributed by atoms with Crippen molar-refractivity contribution in [2.45, 2.75) is 39.5 Å². The average Bonchev–Trinajstić information content (AvgIpc) is 2.73. The molecule has 0 unspecified atom stereocenters. The lowest BCUT2D eigenvalue weighted by Gasteiger charge is -2.13. The Morgan fingerprint density at radius 3 is 2.43 bits per heavy atom. The molecule has 28 heavy (non-hydrogen) atoms. The summed E-state index contributed by atoms with van der Waals surface area (Å²) in [4.78, 5) is 4.76. The molecule has 2 aromatic rings. The van der Waals surface area contributed by atoms with E-state index in [4.69, 9.17) is 9.73 Å². The molecule has 0 heterocycles. The van der Waals surface area contributed by atoms with Crippen molar-refractivity contribution in [1.82, 2.24) is 10.6 Å². The minimum absolute atomic E-state index is 0.596. The zero-order valence-corrected chi connectivity index (χ0v) is 17.9. The number of hydrogen-bond donors (Lipinski definition) is 2. The molecule has 0 spiro atoms. The van der Waals surface area contributed by atoms with Crippen LogP contribution in [0.4, 0.5) is 0 Å². The Morgan fingerprint density at radius 1 is 0.929 bits per heavy atom. The molecule has 0 aliphatic carbocycles. The number of thioether (sulfide) groups is 1. The highest BCUT2D eigenvalue weighted by atomic mass is 32.2. The summed E-state index contributed by atoms with van der Waals surface area (Å²) in [5.74, 6) is 2.10. The lowest BCUT2D eigenvalue weighted by atomic mass is 10.1. The van der Waals surface area contributed by atoms with Gasteiger partial charge in [-0.3, -0.25) is 0 Å². The van der Waals surface area contributed by atoms with Crippen LogP contribution in [0, 0.1) is 0 Å². The van der Waals surface area contributed by atoms with E-state index < -0.39 is 0 Å². The van der Waals surface area contributed by atoms with Gasteiger partial charge in [0.2, 0.25) is 0 Å². The van der Waals surface area contributed by atoms with E-state index in [1.54, 1.807) is 0 Å². The number of nitrogens with zero attached hydrogens (tertiary/aromatic N) is 1. The molecule has 4 nitrogen and oxygen atoms in total. The van der Waals surface area contributed by atoms with Crippen molar-refractivity contribution in [2.24, 2.45) is 4.99 Å². The molecule has 0 atom stereocenters. The van der Waals surface area contributed by atoms with E-state index in [1.807, 2.05) is 30.0 Å². The molecular weight excluding hydrogens is 366 g/mol. The predicted molar refractivity (Wildman–Crippen MR) is 122 cm³/mol. The second kappa shape index (κ2) is 14.1. The van der Waals surface area contributed by atoms with Gasteiger partial charge in [0.05, 0.1) is 19.8 Å². The van der Waals surface area contributed by atoms with Crippen LogP contribution in [0.5, 0.6) is 0 Å². The molecule has 0 fully saturated rings. The first-order valence-corrected chi connectivity index (χ1v) is 11.4. The highest BCUT2D eigenvalue weighted by Gasteiger charge is 2.03. The largest absolute Gasteiger partial charge is 0.372 e. The van der Waals surface area contributed by atoms with Gasteiger partial charge in [0, 0.05) is 13.1 Å². The van der Waals surface area contributed by atoms with Crippen molar-refractivity contribution in [3.05, 3.63) is 71.3 Å². The van der Waals surface area contributed by atoms with Crippen molar-refractivity contribution in [3.63, 3.8) is 0 Å². The van der Waals surface area contributed by atoms with E-state index >= 15 is 0 Å². The van der Waals surface area contributed by atoms with Crippen LogP contribution < -0.4 is 10.6 Å². The Bertz CT molecular complexity index is 691. The number of guanidine groups is 1. The van der Waals surface area contributed by atoms with Crippen molar-refractivity contribution in [2.75, 3.05) is 25.1 Å². The number of ether oxygens (including phenoxy) is 1. The maximum absolute atomic E-state index is 5.92. The predicted octanol–water partition coefficient (Wildman–Crippen LogP) is 4.60. The maximum atomic E-state index is 5.92. The van der Waals surface area contributed by atoms with Crippen LogP contribution in [0.3, 0.4) is 0 Å². The van der Waals surface area contributed by atoms with Gasteiger partial charge < -0.3 is 15.4 Å². The molecule has 5 heteroatoms. The lowest BCUT2D eigenvalue weighted by molar-refractivity contribution is 0.106. The third kappa shape index (κ3) is 8.81. The Labute approximate surface area is 174 Å². The van der Waals surface area contributed by atoms with Gasteiger partial charge in [-0.15, -0.1) is 0 Å². The lowest BCUT2D eigenvalue weighted by Crippen LogP contribution is -2.37. The summed E-state index contributed by atoms with van der Waals surface area (Å²) >= 11 is 1.90. The van der Waals surface area contributed by atoms with Gasteiger partial charge in [0.1, 0.15) is 0 Å². The summed E-state index contributed by atoms with van der Waals surface area (Å²) in [7, 11) is 0. The molecule has 0 aliphatic heterocycles. The average molecular weight is 400 g/mol. The molecule has 2 N–H and O–H groups in total. The molecule has 0 amide bonds. The van der Waals surface area contributed by atoms with Crippen LogP contribution in [0.1, 0.15) is 36.5 Å². The first-order valence-electron chi connectivity index (χ1n) is 10.0. The molecule has 0 radical (unpaired) electrons. The topological polar surface area (TPSA) is 45.7 Å². The van der Waals surface area contributed by atoms with Crippen molar-refractivity contribution >= 4 is 17.7 Å². The molecular formula is C23H33N3OS. The van der Waals surface area contributed by atoms with Crippen LogP contribution in [0.2, 0.25) is 0 Å². The van der Waals surface area contributed by atoms with Crippen LogP contribution in [0.15, 0.2) is 59.6 Å². The molecule has 0 aliphatic rings. The monoisotopic (exact) mass is 399 g/mol. The standard InChI is InChI=1S/C23H33N3OS/c1-3-24-23(25-15-9-10-16-28-2)26-17-21-13-7-8-14-22(21)19-27-18-20-11-5-4-6-12-20/h4-8,11-14H,3,9-10,15-19H2,1-2H3,(H2,24,25,26). The van der Waals surface area contributed by atoms with E-state index in [0.29, 0.717) is 19.8 Å². The zero-order chi connectivity index (χ0) is 19.9. The fraction of sp³-hybridized carbons (Fsp3) is 0.435. The van der Waals surface area contributed by atoms with Crippen LogP contribution in [-0.2, 0) is 24.5 Å². The number of aliphatic imine (C=N–C) groups is 1. The molecule has 0 bridgehead atoms. The van der Waals surface area contributed by atoms with E-state index in [2.05, 4.69) is 60.2 Å². The van der Waals surface area contributed by atoms with Gasteiger partial charge in [-0.1, -0.05) is 54.6 Å². The van der Waals surface area contributed by atoms with Gasteiger partial charge in [-0.05, 0) is 48.5 Å². The Hall–Kier alpha value is -1.98. The summed E-state index contributed by atoms with van der Waals surface area (Å²) in [5.41, 5.74) is 3.59. The van der Waals surface area contributed by atoms with Gasteiger partial charge in [0.15, 0.2) is 5.96 Å². The fourth-order valence-corrected chi connectivity index (χ4v) is 3.28. The van der Waals surface area contributed by atoms with Crippen molar-refractivity contribution in [1.29, 1.82) is 0 Å². The van der Waals surface area contributed by atoms with Crippen LogP contribution >= 0.6 is 11.8 Å². The molecule has 2 aromatic carbocycles. The van der Waals surface area contributed by atoms with Gasteiger partial charge in [-0.25, -0.2) is 4.99 Å². The first kappa shape index (κ1) is 22.3. The van der Waals surface area contributed by atoms with Gasteiger partial charge >= 0.3 is 0 Å². The highest BCUT2D eigenvalue weighted by molar-refractivity contribution is 7.98. The number of unbranched alkanes of at least 4 members (excludes halogenated alkanes) is 1. The SMILES string of the molecule is CCNC(=NCc1ccccc1COCc1ccccc1)NCCCCSC. The van der Waals surface area contributed by atoms with Crippen molar-refractivity contribution < 1.29 is 4.74 Å². The smallest absolute Gasteiger partial charge is 0.191 e. The van der Waals surface area contributed by atoms with E-state index in [1.165, 1.54) is 28.9 Å². The number of benzene rings is 2. The quantitative estimate of drug-likeness (QED) is 0.311. The summed E-state index contributed by atoms with van der Waals surface area (Å²) in [5, 5.41) is 6.76. The summed E-state index contributed by atoms with van der Waals surface area (Å²) in [6, 6.07) is 18.7. The van der Waals surface area contributed by atoms with Crippen molar-refractivity contribution in [3.8, 4) is 0 Å². The molecule has 0 aromatic heterocycles. The normalized spacial score (nSPS) is 11.4. The number of nitrogens with one attached hydrogen (secondary N) is 2. The summed E-state index contributed by atoms with van der Waals surface area (Å²) in [6.45, 7) is 5.77. The highest BCUT2D eigenvalue weighted by Crippen LogP contribution is 2.13. The fourth-order valence-electron chi connectivity index (χ4n) is 2.79. The Morgan fingerprint density at radius 2 is 1.68 bits per heavy atom. The number of hydrogen-bond acceptors (Lipinski definition) is 3. The minimum Gasteiger partial charge on any atom is -0.372 e. The molecule has 2 rings (SSSR count). The minimum atomic E-state index is 0.596. The van der Waals surface area contributed by atoms with Gasteiger partial charge in [0.25, 0.3) is 0 Å². The Kier molecular flexibility index (Phi) is 11.2. The first-order chi connectivity index (χ1) is 13.8. The summed E-state index contributed by atoms with van der Waals surface area (Å²) in [6.07, 6.45) is 4.55. The van der Waals surface area contributed by atoms with Crippen LogP contribution in [0.25, 0.3) is 0 Å². The van der Waals surface area contributed by atoms with E-state index in [-0.39, 0.29) is 0 Å². The second-order valence-electron chi connectivity index (χ2n) is 6.57. The van der Waals surface area contributed by atoms with Crippen LogP contribution in [-0.4, -0.2) is 31.1 Å². The Balaban J connectivity index is 1.87. The number of rotatable bonds is 12. The third-order valence-electron chi connectivity index (χ3n) is 4.31. The molecule has 152 valence electrons. The maximum Gasteiger partial charge on any atom is 0.191 e. The van der Waals surface area contributed by atoms with Gasteiger partial charge in [-0.2, -0.15) is 11.8 Å². The van der Waals surface area contributed by atoms with E-state index in [9.17, 15) is 0 Å². The third-order valence-corrected chi connectivity index (χ3v) is 5.00. The van der Waals surface area contributed by atoms with E-state index in [0.717, 1.165) is 25.5 Å². The summed E-state index contributed by atoms with van der Waals surface area (Å²) < 4.78 is 5.92. The zero-order valence-electron chi connectivity index (χ0n) is 17.1. The molecule has 0 saturated heterocycles. The second-order valence-corrected chi connectivity index (χ2v) is 7.55.